The van der Waals surface area contributed by atoms with Gasteiger partial charge in [0.05, 0.1) is 13.7 Å². The maximum atomic E-state index is 9.76. The van der Waals surface area contributed by atoms with E-state index in [1.165, 1.54) is 0 Å². The van der Waals surface area contributed by atoms with E-state index in [0.717, 1.165) is 45.9 Å². The highest BCUT2D eigenvalue weighted by molar-refractivity contribution is 5.91. The number of methoxy groups -OCH3 is 1. The van der Waals surface area contributed by atoms with Gasteiger partial charge in [-0.25, -0.2) is 4.98 Å². The number of ether oxygens (including phenoxy) is 2. The molecule has 0 spiro atoms. The van der Waals surface area contributed by atoms with Crippen LogP contribution in [-0.4, -0.2) is 18.7 Å². The standard InChI is InChI=1S/C23H23N3O2/c1-4-13-28-19-11-7-17(8-12-19)22-20(14-24)23(25)26-15(2)21(22)16-5-9-18(27-3)10-6-16/h5-12H,4,13H2,1-3H3,(H2,25,26). The molecule has 2 aromatic carbocycles. The SMILES string of the molecule is CCCOc1ccc(-c2c(C#N)c(N)nc(C)c2-c2ccc(OC)cc2)cc1. The van der Waals surface area contributed by atoms with Crippen LogP contribution in [0.3, 0.4) is 0 Å². The van der Waals surface area contributed by atoms with Gasteiger partial charge in [-0.3, -0.25) is 0 Å². The first-order valence-corrected chi connectivity index (χ1v) is 9.16. The van der Waals surface area contributed by atoms with Gasteiger partial charge in [0.2, 0.25) is 0 Å². The van der Waals surface area contributed by atoms with Crippen molar-refractivity contribution in [1.82, 2.24) is 4.98 Å². The normalized spacial score (nSPS) is 10.4. The molecule has 2 N–H and O–H groups in total. The third-order valence-corrected chi connectivity index (χ3v) is 4.51. The fourth-order valence-corrected chi connectivity index (χ4v) is 3.18. The van der Waals surface area contributed by atoms with Crippen molar-refractivity contribution in [1.29, 1.82) is 5.26 Å². The van der Waals surface area contributed by atoms with Gasteiger partial charge in [-0.1, -0.05) is 31.2 Å². The summed E-state index contributed by atoms with van der Waals surface area (Å²) >= 11 is 0. The molecule has 0 aliphatic carbocycles. The van der Waals surface area contributed by atoms with Gasteiger partial charge >= 0.3 is 0 Å². The van der Waals surface area contributed by atoms with Crippen LogP contribution in [0.15, 0.2) is 48.5 Å². The van der Waals surface area contributed by atoms with Crippen LogP contribution in [0.5, 0.6) is 11.5 Å². The first kappa shape index (κ1) is 19.2. The molecule has 5 heteroatoms. The quantitative estimate of drug-likeness (QED) is 0.659. The zero-order valence-electron chi connectivity index (χ0n) is 16.3. The number of nitrogens with two attached hydrogens (primary N) is 1. The number of hydrogen-bond donors (Lipinski definition) is 1. The van der Waals surface area contributed by atoms with Crippen molar-refractivity contribution < 1.29 is 9.47 Å². The van der Waals surface area contributed by atoms with Crippen molar-refractivity contribution in [3.05, 3.63) is 59.8 Å². The summed E-state index contributed by atoms with van der Waals surface area (Å²) in [5, 5.41) is 9.76. The fraction of sp³-hybridized carbons (Fsp3) is 0.217. The van der Waals surface area contributed by atoms with Gasteiger partial charge < -0.3 is 15.2 Å². The van der Waals surface area contributed by atoms with Gasteiger partial charge in [0.1, 0.15) is 28.9 Å². The molecule has 0 aliphatic rings. The van der Waals surface area contributed by atoms with Gasteiger partial charge in [-0.05, 0) is 48.7 Å². The number of nitriles is 1. The molecule has 0 radical (unpaired) electrons. The molecule has 1 aromatic heterocycles. The number of hydrogen-bond acceptors (Lipinski definition) is 5. The molecule has 0 amide bonds. The number of aromatic nitrogens is 1. The van der Waals surface area contributed by atoms with Crippen molar-refractivity contribution in [2.24, 2.45) is 0 Å². The number of benzene rings is 2. The fourth-order valence-electron chi connectivity index (χ4n) is 3.18. The van der Waals surface area contributed by atoms with Crippen LogP contribution in [-0.2, 0) is 0 Å². The Morgan fingerprint density at radius 3 is 2.07 bits per heavy atom. The highest BCUT2D eigenvalue weighted by atomic mass is 16.5. The lowest BCUT2D eigenvalue weighted by Crippen LogP contribution is -2.03. The van der Waals surface area contributed by atoms with Crippen LogP contribution < -0.4 is 15.2 Å². The van der Waals surface area contributed by atoms with E-state index in [-0.39, 0.29) is 5.82 Å². The molecule has 0 saturated heterocycles. The highest BCUT2D eigenvalue weighted by Crippen LogP contribution is 2.39. The Bertz CT molecular complexity index is 1000. The summed E-state index contributed by atoms with van der Waals surface area (Å²) in [5.41, 5.74) is 10.7. The maximum absolute atomic E-state index is 9.76. The maximum Gasteiger partial charge on any atom is 0.142 e. The molecule has 0 aliphatic heterocycles. The second-order valence-corrected chi connectivity index (χ2v) is 6.42. The lowest BCUT2D eigenvalue weighted by atomic mass is 9.90. The van der Waals surface area contributed by atoms with E-state index in [9.17, 15) is 5.26 Å². The molecule has 3 aromatic rings. The molecular formula is C23H23N3O2. The number of aryl methyl sites for hydroxylation is 1. The summed E-state index contributed by atoms with van der Waals surface area (Å²) in [7, 11) is 1.63. The van der Waals surface area contributed by atoms with E-state index in [0.29, 0.717) is 12.2 Å². The predicted molar refractivity (Wildman–Crippen MR) is 111 cm³/mol. The largest absolute Gasteiger partial charge is 0.497 e. The summed E-state index contributed by atoms with van der Waals surface area (Å²) in [6, 6.07) is 17.7. The van der Waals surface area contributed by atoms with Crippen LogP contribution in [0.1, 0.15) is 24.6 Å². The molecule has 3 rings (SSSR count). The number of nitrogen functional groups attached to an aromatic ring is 1. The molecule has 0 unspecified atom stereocenters. The van der Waals surface area contributed by atoms with Crippen molar-refractivity contribution in [3.8, 4) is 39.8 Å². The minimum atomic E-state index is 0.235. The third kappa shape index (κ3) is 3.77. The third-order valence-electron chi connectivity index (χ3n) is 4.51. The van der Waals surface area contributed by atoms with Crippen LogP contribution in [0.2, 0.25) is 0 Å². The van der Waals surface area contributed by atoms with E-state index in [4.69, 9.17) is 15.2 Å². The van der Waals surface area contributed by atoms with Gasteiger partial charge in [0.25, 0.3) is 0 Å². The number of anilines is 1. The van der Waals surface area contributed by atoms with Gasteiger partial charge in [-0.15, -0.1) is 0 Å². The Morgan fingerprint density at radius 1 is 0.964 bits per heavy atom. The van der Waals surface area contributed by atoms with Crippen molar-refractivity contribution in [2.45, 2.75) is 20.3 Å². The molecular weight excluding hydrogens is 350 g/mol. The molecule has 5 nitrogen and oxygen atoms in total. The molecule has 28 heavy (non-hydrogen) atoms. The minimum absolute atomic E-state index is 0.235. The summed E-state index contributed by atoms with van der Waals surface area (Å²) in [4.78, 5) is 4.41. The first-order valence-electron chi connectivity index (χ1n) is 9.16. The number of nitrogens with zero attached hydrogens (tertiary/aromatic N) is 2. The van der Waals surface area contributed by atoms with Crippen LogP contribution in [0.25, 0.3) is 22.3 Å². The summed E-state index contributed by atoms with van der Waals surface area (Å²) in [6.07, 6.45) is 0.946. The van der Waals surface area contributed by atoms with Crippen molar-refractivity contribution >= 4 is 5.82 Å². The minimum Gasteiger partial charge on any atom is -0.497 e. The zero-order valence-corrected chi connectivity index (χ0v) is 16.3. The van der Waals surface area contributed by atoms with E-state index >= 15 is 0 Å². The Balaban J connectivity index is 2.19. The molecule has 0 bridgehead atoms. The monoisotopic (exact) mass is 373 g/mol. The summed E-state index contributed by atoms with van der Waals surface area (Å²) in [5.74, 6) is 1.80. The first-order chi connectivity index (χ1) is 13.6. The van der Waals surface area contributed by atoms with Gasteiger partial charge in [-0.2, -0.15) is 5.26 Å². The molecule has 0 fully saturated rings. The van der Waals surface area contributed by atoms with Crippen LogP contribution >= 0.6 is 0 Å². The summed E-state index contributed by atoms with van der Waals surface area (Å²) in [6.45, 7) is 4.64. The average Bonchev–Trinajstić information content (AvgIpc) is 2.72. The van der Waals surface area contributed by atoms with Gasteiger partial charge in [0, 0.05) is 16.8 Å². The summed E-state index contributed by atoms with van der Waals surface area (Å²) < 4.78 is 10.9. The van der Waals surface area contributed by atoms with E-state index < -0.39 is 0 Å². The smallest absolute Gasteiger partial charge is 0.142 e. The van der Waals surface area contributed by atoms with Crippen molar-refractivity contribution in [2.75, 3.05) is 19.5 Å². The molecule has 0 atom stereocenters. The zero-order chi connectivity index (χ0) is 20.1. The van der Waals surface area contributed by atoms with Crippen LogP contribution in [0, 0.1) is 18.3 Å². The predicted octanol–water partition coefficient (Wildman–Crippen LogP) is 4.98. The van der Waals surface area contributed by atoms with Crippen LogP contribution in [0.4, 0.5) is 5.82 Å². The average molecular weight is 373 g/mol. The van der Waals surface area contributed by atoms with E-state index in [2.05, 4.69) is 18.0 Å². The lowest BCUT2D eigenvalue weighted by Gasteiger charge is -2.17. The van der Waals surface area contributed by atoms with E-state index in [1.807, 2.05) is 55.5 Å². The Kier molecular flexibility index (Phi) is 5.81. The second kappa shape index (κ2) is 8.45. The molecule has 142 valence electrons. The second-order valence-electron chi connectivity index (χ2n) is 6.42. The lowest BCUT2D eigenvalue weighted by molar-refractivity contribution is 0.317. The van der Waals surface area contributed by atoms with E-state index in [1.54, 1.807) is 7.11 Å². The highest BCUT2D eigenvalue weighted by Gasteiger charge is 2.19. The molecule has 0 saturated carbocycles. The molecule has 1 heterocycles. The van der Waals surface area contributed by atoms with Gasteiger partial charge in [0.15, 0.2) is 0 Å². The Morgan fingerprint density at radius 2 is 1.54 bits per heavy atom. The number of rotatable bonds is 6. The Labute approximate surface area is 165 Å². The van der Waals surface area contributed by atoms with Crippen molar-refractivity contribution in [3.63, 3.8) is 0 Å². The topological polar surface area (TPSA) is 81.2 Å². The Hall–Kier alpha value is -3.52. The number of pyridine rings is 1.